The van der Waals surface area contributed by atoms with E-state index >= 15 is 0 Å². The Morgan fingerprint density at radius 1 is 1.50 bits per heavy atom. The highest BCUT2D eigenvalue weighted by molar-refractivity contribution is 5.76. The van der Waals surface area contributed by atoms with Crippen LogP contribution in [0.25, 0.3) is 0 Å². The zero-order valence-electron chi connectivity index (χ0n) is 13.3. The molecule has 1 aliphatic rings. The molecule has 0 radical (unpaired) electrons. The van der Waals surface area contributed by atoms with Crippen molar-refractivity contribution in [2.75, 3.05) is 13.1 Å². The smallest absolute Gasteiger partial charge is 0.220 e. The van der Waals surface area contributed by atoms with Crippen LogP contribution in [0.4, 0.5) is 0 Å². The van der Waals surface area contributed by atoms with Gasteiger partial charge in [-0.25, -0.2) is 0 Å². The maximum Gasteiger partial charge on any atom is 0.220 e. The van der Waals surface area contributed by atoms with E-state index in [1.165, 1.54) is 6.42 Å². The van der Waals surface area contributed by atoms with Crippen LogP contribution in [-0.2, 0) is 4.79 Å². The molecule has 3 atom stereocenters. The summed E-state index contributed by atoms with van der Waals surface area (Å²) in [5.74, 6) is 1.37. The minimum atomic E-state index is -0.705. The van der Waals surface area contributed by atoms with E-state index in [1.54, 1.807) is 0 Å². The van der Waals surface area contributed by atoms with Crippen molar-refractivity contribution >= 4 is 5.91 Å². The van der Waals surface area contributed by atoms with Crippen molar-refractivity contribution < 1.29 is 9.90 Å². The molecule has 1 aliphatic carbocycles. The van der Waals surface area contributed by atoms with Gasteiger partial charge >= 0.3 is 0 Å². The molecule has 0 aliphatic heterocycles. The second kappa shape index (κ2) is 7.99. The first-order valence-corrected chi connectivity index (χ1v) is 8.04. The van der Waals surface area contributed by atoms with E-state index < -0.39 is 5.60 Å². The average Bonchev–Trinajstić information content (AvgIpc) is 2.35. The van der Waals surface area contributed by atoms with Crippen LogP contribution in [0, 0.1) is 17.8 Å². The summed E-state index contributed by atoms with van der Waals surface area (Å²) < 4.78 is 0. The van der Waals surface area contributed by atoms with Crippen molar-refractivity contribution in [3.8, 4) is 0 Å². The molecule has 1 rings (SSSR count). The largest absolute Gasteiger partial charge is 0.388 e. The summed E-state index contributed by atoms with van der Waals surface area (Å²) in [5.41, 5.74) is 5.02. The summed E-state index contributed by atoms with van der Waals surface area (Å²) >= 11 is 0. The Morgan fingerprint density at radius 3 is 2.75 bits per heavy atom. The SMILES string of the molecule is CC(C)CC(CN)CC(=O)NCC1(O)CCCC(C)C1. The summed E-state index contributed by atoms with van der Waals surface area (Å²) in [4.78, 5) is 12.0. The Morgan fingerprint density at radius 2 is 2.20 bits per heavy atom. The molecular formula is C16H32N2O2. The zero-order chi connectivity index (χ0) is 15.2. The van der Waals surface area contributed by atoms with E-state index in [-0.39, 0.29) is 11.8 Å². The number of amides is 1. The third kappa shape index (κ3) is 6.23. The van der Waals surface area contributed by atoms with Gasteiger partial charge in [-0.15, -0.1) is 0 Å². The second-order valence-electron chi connectivity index (χ2n) is 7.14. The van der Waals surface area contributed by atoms with Crippen molar-refractivity contribution in [3.05, 3.63) is 0 Å². The molecule has 3 unspecified atom stereocenters. The maximum absolute atomic E-state index is 12.0. The summed E-state index contributed by atoms with van der Waals surface area (Å²) in [6, 6.07) is 0. The number of aliphatic hydroxyl groups is 1. The Balaban J connectivity index is 2.34. The standard InChI is InChI=1S/C16H32N2O2/c1-12(2)7-14(10-17)8-15(19)18-11-16(20)6-4-5-13(3)9-16/h12-14,20H,4-11,17H2,1-3H3,(H,18,19). The molecule has 0 saturated heterocycles. The molecule has 0 aromatic carbocycles. The van der Waals surface area contributed by atoms with Gasteiger partial charge in [0.1, 0.15) is 0 Å². The van der Waals surface area contributed by atoms with Crippen LogP contribution in [0.2, 0.25) is 0 Å². The van der Waals surface area contributed by atoms with E-state index in [1.807, 2.05) is 0 Å². The molecule has 20 heavy (non-hydrogen) atoms. The van der Waals surface area contributed by atoms with Gasteiger partial charge in [0.2, 0.25) is 5.91 Å². The number of nitrogens with one attached hydrogen (secondary N) is 1. The van der Waals surface area contributed by atoms with Gasteiger partial charge in [-0.05, 0) is 43.6 Å². The average molecular weight is 284 g/mol. The van der Waals surface area contributed by atoms with Crippen LogP contribution in [0.5, 0.6) is 0 Å². The zero-order valence-corrected chi connectivity index (χ0v) is 13.3. The first-order chi connectivity index (χ1) is 9.34. The Hall–Kier alpha value is -0.610. The third-order valence-corrected chi connectivity index (χ3v) is 4.29. The fourth-order valence-corrected chi connectivity index (χ4v) is 3.32. The first kappa shape index (κ1) is 17.4. The van der Waals surface area contributed by atoms with Crippen molar-refractivity contribution in [1.82, 2.24) is 5.32 Å². The molecule has 4 nitrogen and oxygen atoms in total. The van der Waals surface area contributed by atoms with Gasteiger partial charge < -0.3 is 16.2 Å². The van der Waals surface area contributed by atoms with Crippen LogP contribution >= 0.6 is 0 Å². The van der Waals surface area contributed by atoms with Gasteiger partial charge in [-0.1, -0.05) is 33.6 Å². The van der Waals surface area contributed by atoms with E-state index in [9.17, 15) is 9.90 Å². The molecule has 4 heteroatoms. The van der Waals surface area contributed by atoms with Crippen LogP contribution in [0.3, 0.4) is 0 Å². The number of hydrogen-bond donors (Lipinski definition) is 3. The highest BCUT2D eigenvalue weighted by Gasteiger charge is 2.32. The lowest BCUT2D eigenvalue weighted by Crippen LogP contribution is -2.46. The van der Waals surface area contributed by atoms with Gasteiger partial charge in [0.05, 0.1) is 5.60 Å². The molecule has 0 heterocycles. The third-order valence-electron chi connectivity index (χ3n) is 4.29. The first-order valence-electron chi connectivity index (χ1n) is 8.04. The number of rotatable bonds is 7. The van der Waals surface area contributed by atoms with Crippen molar-refractivity contribution in [3.63, 3.8) is 0 Å². The van der Waals surface area contributed by atoms with Gasteiger partial charge in [0.15, 0.2) is 0 Å². The minimum Gasteiger partial charge on any atom is -0.388 e. The minimum absolute atomic E-state index is 0.0211. The van der Waals surface area contributed by atoms with Gasteiger partial charge in [-0.2, -0.15) is 0 Å². The monoisotopic (exact) mass is 284 g/mol. The van der Waals surface area contributed by atoms with Crippen LogP contribution in [0.1, 0.15) is 59.3 Å². The highest BCUT2D eigenvalue weighted by Crippen LogP contribution is 2.31. The maximum atomic E-state index is 12.0. The normalized spacial score (nSPS) is 28.4. The van der Waals surface area contributed by atoms with E-state index in [0.717, 1.165) is 25.7 Å². The van der Waals surface area contributed by atoms with E-state index in [4.69, 9.17) is 5.73 Å². The fourth-order valence-electron chi connectivity index (χ4n) is 3.32. The fraction of sp³-hybridized carbons (Fsp3) is 0.938. The van der Waals surface area contributed by atoms with Crippen LogP contribution < -0.4 is 11.1 Å². The van der Waals surface area contributed by atoms with Gasteiger partial charge in [-0.3, -0.25) is 4.79 Å². The molecule has 1 saturated carbocycles. The molecule has 0 aromatic heterocycles. The lowest BCUT2D eigenvalue weighted by Gasteiger charge is -2.35. The van der Waals surface area contributed by atoms with Crippen molar-refractivity contribution in [1.29, 1.82) is 0 Å². The van der Waals surface area contributed by atoms with Crippen LogP contribution in [-0.4, -0.2) is 29.7 Å². The predicted octanol–water partition coefficient (Wildman–Crippen LogP) is 2.05. The Kier molecular flexibility index (Phi) is 6.96. The van der Waals surface area contributed by atoms with Crippen LogP contribution in [0.15, 0.2) is 0 Å². The Labute approximate surface area is 123 Å². The predicted molar refractivity (Wildman–Crippen MR) is 82.2 cm³/mol. The van der Waals surface area contributed by atoms with Gasteiger partial charge in [0, 0.05) is 13.0 Å². The second-order valence-corrected chi connectivity index (χ2v) is 7.14. The highest BCUT2D eigenvalue weighted by atomic mass is 16.3. The molecule has 118 valence electrons. The van der Waals surface area contributed by atoms with E-state index in [0.29, 0.717) is 31.3 Å². The Bertz CT molecular complexity index is 307. The van der Waals surface area contributed by atoms with Crippen molar-refractivity contribution in [2.24, 2.45) is 23.5 Å². The summed E-state index contributed by atoms with van der Waals surface area (Å²) in [6.45, 7) is 7.39. The molecule has 1 fully saturated rings. The molecular weight excluding hydrogens is 252 g/mol. The van der Waals surface area contributed by atoms with E-state index in [2.05, 4.69) is 26.1 Å². The topological polar surface area (TPSA) is 75.4 Å². The summed E-state index contributed by atoms with van der Waals surface area (Å²) in [7, 11) is 0. The van der Waals surface area contributed by atoms with Gasteiger partial charge in [0.25, 0.3) is 0 Å². The molecule has 4 N–H and O–H groups in total. The van der Waals surface area contributed by atoms with Crippen molar-refractivity contribution in [2.45, 2.75) is 64.9 Å². The lowest BCUT2D eigenvalue weighted by molar-refractivity contribution is -0.124. The number of carbonyl (C=O) groups is 1. The summed E-state index contributed by atoms with van der Waals surface area (Å²) in [6.07, 6.45) is 5.27. The quantitative estimate of drug-likeness (QED) is 0.670. The summed E-state index contributed by atoms with van der Waals surface area (Å²) in [5, 5.41) is 13.4. The molecule has 0 spiro atoms. The number of nitrogens with two attached hydrogens (primary N) is 1. The lowest BCUT2D eigenvalue weighted by atomic mass is 9.79. The molecule has 0 bridgehead atoms. The number of hydrogen-bond acceptors (Lipinski definition) is 3. The molecule has 0 aromatic rings. The number of carbonyl (C=O) groups excluding carboxylic acids is 1. The molecule has 1 amide bonds.